The molecule has 3 rings (SSSR count). The molecule has 2 aromatic rings. The Morgan fingerprint density at radius 2 is 1.68 bits per heavy atom. The molecule has 1 atom stereocenters. The smallest absolute Gasteiger partial charge is 0.258 e. The number of benzene rings is 2. The van der Waals surface area contributed by atoms with Crippen molar-refractivity contribution in [3.8, 4) is 5.75 Å². The molecule has 2 aromatic carbocycles. The minimum atomic E-state index is -0.677. The summed E-state index contributed by atoms with van der Waals surface area (Å²) in [4.78, 5) is 12.0. The van der Waals surface area contributed by atoms with Crippen LogP contribution < -0.4 is 10.1 Å². The van der Waals surface area contributed by atoms with Crippen LogP contribution in [-0.2, 0) is 0 Å². The summed E-state index contributed by atoms with van der Waals surface area (Å²) >= 11 is 12.2. The number of halogens is 2. The van der Waals surface area contributed by atoms with Crippen molar-refractivity contribution in [3.63, 3.8) is 0 Å². The van der Waals surface area contributed by atoms with Crippen LogP contribution in [0.5, 0.6) is 5.75 Å². The number of hydrogen-bond acceptors (Lipinski definition) is 2. The molecule has 0 saturated carbocycles. The monoisotopic (exact) mass is 293 g/mol. The normalized spacial score (nSPS) is 17.4. The van der Waals surface area contributed by atoms with Crippen LogP contribution in [0.1, 0.15) is 22.1 Å². The van der Waals surface area contributed by atoms with Crippen molar-refractivity contribution in [2.24, 2.45) is 0 Å². The lowest BCUT2D eigenvalue weighted by Gasteiger charge is -2.28. The van der Waals surface area contributed by atoms with Gasteiger partial charge in [-0.3, -0.25) is 4.79 Å². The van der Waals surface area contributed by atoms with E-state index in [2.05, 4.69) is 5.32 Å². The number of fused-ring (bicyclic) bond motifs is 1. The molecule has 0 aromatic heterocycles. The quantitative estimate of drug-likeness (QED) is 0.868. The first-order chi connectivity index (χ1) is 9.16. The summed E-state index contributed by atoms with van der Waals surface area (Å²) < 4.78 is 5.75. The van der Waals surface area contributed by atoms with Gasteiger partial charge in [0.2, 0.25) is 6.23 Å². The van der Waals surface area contributed by atoms with E-state index in [0.717, 1.165) is 0 Å². The first kappa shape index (κ1) is 12.3. The first-order valence-electron chi connectivity index (χ1n) is 5.67. The summed E-state index contributed by atoms with van der Waals surface area (Å²) in [5, 5.41) is 3.65. The Bertz CT molecular complexity index is 637. The molecule has 19 heavy (non-hydrogen) atoms. The van der Waals surface area contributed by atoms with Gasteiger partial charge in [0.25, 0.3) is 5.91 Å². The number of carbonyl (C=O) groups excluding carboxylic acids is 1. The average Bonchev–Trinajstić information content (AvgIpc) is 2.38. The average molecular weight is 294 g/mol. The summed E-state index contributed by atoms with van der Waals surface area (Å²) in [5.74, 6) is 0.315. The molecule has 0 unspecified atom stereocenters. The molecule has 5 heteroatoms. The first-order valence-corrected chi connectivity index (χ1v) is 6.43. The maximum atomic E-state index is 12.0. The van der Waals surface area contributed by atoms with E-state index in [9.17, 15) is 4.79 Å². The van der Waals surface area contributed by atoms with Crippen LogP contribution in [0.2, 0.25) is 10.0 Å². The Morgan fingerprint density at radius 3 is 2.42 bits per heavy atom. The SMILES string of the molecule is O=C1N[C@H](c2c(Cl)cccc2Cl)Oc2ccccc21. The van der Waals surface area contributed by atoms with E-state index in [1.54, 1.807) is 36.4 Å². The number of carbonyl (C=O) groups is 1. The van der Waals surface area contributed by atoms with Gasteiger partial charge < -0.3 is 10.1 Å². The van der Waals surface area contributed by atoms with E-state index in [0.29, 0.717) is 26.9 Å². The standard InChI is InChI=1S/C14H9Cl2NO2/c15-9-5-3-6-10(16)12(9)14-17-13(18)8-4-1-2-7-11(8)19-14/h1-7,14H,(H,17,18)/t14-/m0/s1. The Hall–Kier alpha value is -1.71. The van der Waals surface area contributed by atoms with Gasteiger partial charge in [0.05, 0.1) is 21.2 Å². The third-order valence-electron chi connectivity index (χ3n) is 2.90. The highest BCUT2D eigenvalue weighted by atomic mass is 35.5. The minimum absolute atomic E-state index is 0.206. The van der Waals surface area contributed by atoms with Gasteiger partial charge >= 0.3 is 0 Å². The molecule has 1 heterocycles. The van der Waals surface area contributed by atoms with Gasteiger partial charge in [-0.05, 0) is 24.3 Å². The van der Waals surface area contributed by atoms with Gasteiger partial charge in [0.15, 0.2) is 0 Å². The van der Waals surface area contributed by atoms with Crippen molar-refractivity contribution >= 4 is 29.1 Å². The van der Waals surface area contributed by atoms with Gasteiger partial charge in [-0.25, -0.2) is 0 Å². The van der Waals surface area contributed by atoms with Gasteiger partial charge in [-0.1, -0.05) is 41.4 Å². The van der Waals surface area contributed by atoms with Crippen LogP contribution >= 0.6 is 23.2 Å². The van der Waals surface area contributed by atoms with Crippen molar-refractivity contribution in [2.45, 2.75) is 6.23 Å². The van der Waals surface area contributed by atoms with Crippen molar-refractivity contribution < 1.29 is 9.53 Å². The van der Waals surface area contributed by atoms with Crippen LogP contribution in [0.3, 0.4) is 0 Å². The Labute approximate surface area is 120 Å². The predicted octanol–water partition coefficient (Wildman–Crippen LogP) is 3.81. The lowest BCUT2D eigenvalue weighted by molar-refractivity contribution is 0.0757. The zero-order valence-corrected chi connectivity index (χ0v) is 11.2. The molecule has 0 aliphatic carbocycles. The van der Waals surface area contributed by atoms with Crippen molar-refractivity contribution in [1.29, 1.82) is 0 Å². The second kappa shape index (κ2) is 4.76. The molecular weight excluding hydrogens is 285 g/mol. The summed E-state index contributed by atoms with van der Waals surface area (Å²) in [6.07, 6.45) is -0.677. The zero-order chi connectivity index (χ0) is 13.4. The van der Waals surface area contributed by atoms with Crippen LogP contribution in [0.4, 0.5) is 0 Å². The minimum Gasteiger partial charge on any atom is -0.465 e. The summed E-state index contributed by atoms with van der Waals surface area (Å²) in [7, 11) is 0. The molecule has 3 nitrogen and oxygen atoms in total. The van der Waals surface area contributed by atoms with Crippen molar-refractivity contribution in [1.82, 2.24) is 5.32 Å². The molecule has 1 aliphatic heterocycles. The highest BCUT2D eigenvalue weighted by Gasteiger charge is 2.28. The van der Waals surface area contributed by atoms with Crippen LogP contribution in [0.15, 0.2) is 42.5 Å². The molecule has 0 saturated heterocycles. The number of hydrogen-bond donors (Lipinski definition) is 1. The molecule has 1 amide bonds. The highest BCUT2D eigenvalue weighted by molar-refractivity contribution is 6.36. The number of ether oxygens (including phenoxy) is 1. The number of para-hydroxylation sites is 1. The van der Waals surface area contributed by atoms with Crippen LogP contribution in [0, 0.1) is 0 Å². The fourth-order valence-corrected chi connectivity index (χ4v) is 2.60. The Morgan fingerprint density at radius 1 is 1.00 bits per heavy atom. The fourth-order valence-electron chi connectivity index (χ4n) is 2.00. The lowest BCUT2D eigenvalue weighted by Crippen LogP contribution is -2.37. The van der Waals surface area contributed by atoms with Gasteiger partial charge in [-0.15, -0.1) is 0 Å². The predicted molar refractivity (Wildman–Crippen MR) is 73.7 cm³/mol. The third-order valence-corrected chi connectivity index (χ3v) is 3.56. The van der Waals surface area contributed by atoms with E-state index in [1.165, 1.54) is 0 Å². The van der Waals surface area contributed by atoms with Crippen molar-refractivity contribution in [2.75, 3.05) is 0 Å². The molecule has 0 spiro atoms. The zero-order valence-electron chi connectivity index (χ0n) is 9.69. The van der Waals surface area contributed by atoms with E-state index >= 15 is 0 Å². The fraction of sp³-hybridized carbons (Fsp3) is 0.0714. The number of rotatable bonds is 1. The van der Waals surface area contributed by atoms with E-state index in [1.807, 2.05) is 6.07 Å². The van der Waals surface area contributed by atoms with E-state index in [-0.39, 0.29) is 5.91 Å². The van der Waals surface area contributed by atoms with E-state index < -0.39 is 6.23 Å². The molecule has 1 N–H and O–H groups in total. The highest BCUT2D eigenvalue weighted by Crippen LogP contribution is 2.35. The van der Waals surface area contributed by atoms with Crippen LogP contribution in [0.25, 0.3) is 0 Å². The Balaban J connectivity index is 2.04. The molecular formula is C14H9Cl2NO2. The molecule has 0 radical (unpaired) electrons. The van der Waals surface area contributed by atoms with Crippen molar-refractivity contribution in [3.05, 3.63) is 63.6 Å². The molecule has 96 valence electrons. The topological polar surface area (TPSA) is 38.3 Å². The molecule has 0 fully saturated rings. The summed E-state index contributed by atoms with van der Waals surface area (Å²) in [6.45, 7) is 0. The second-order valence-electron chi connectivity index (χ2n) is 4.10. The maximum Gasteiger partial charge on any atom is 0.258 e. The second-order valence-corrected chi connectivity index (χ2v) is 4.92. The largest absolute Gasteiger partial charge is 0.465 e. The van der Waals surface area contributed by atoms with Crippen LogP contribution in [-0.4, -0.2) is 5.91 Å². The molecule has 0 bridgehead atoms. The number of amides is 1. The van der Waals surface area contributed by atoms with Gasteiger partial charge in [0.1, 0.15) is 5.75 Å². The van der Waals surface area contributed by atoms with Gasteiger partial charge in [0, 0.05) is 0 Å². The maximum absolute atomic E-state index is 12.0. The number of nitrogens with one attached hydrogen (secondary N) is 1. The third kappa shape index (κ3) is 2.15. The summed E-state index contributed by atoms with van der Waals surface area (Å²) in [6, 6.07) is 12.2. The van der Waals surface area contributed by atoms with Gasteiger partial charge in [-0.2, -0.15) is 0 Å². The van der Waals surface area contributed by atoms with E-state index in [4.69, 9.17) is 27.9 Å². The lowest BCUT2D eigenvalue weighted by atomic mass is 10.1. The molecule has 1 aliphatic rings. The Kier molecular flexibility index (Phi) is 3.09. The summed E-state index contributed by atoms with van der Waals surface area (Å²) in [5.41, 5.74) is 1.07.